The minimum absolute atomic E-state index is 0.129. The van der Waals surface area contributed by atoms with Gasteiger partial charge in [0.15, 0.2) is 34.0 Å². The normalized spacial score (nSPS) is 19.9. The molecule has 60 heavy (non-hydrogen) atoms. The van der Waals surface area contributed by atoms with Crippen LogP contribution >= 0.6 is 0 Å². The lowest BCUT2D eigenvalue weighted by atomic mass is 9.81. The van der Waals surface area contributed by atoms with Crippen molar-refractivity contribution in [3.63, 3.8) is 0 Å². The average molecular weight is 960 g/mol. The summed E-state index contributed by atoms with van der Waals surface area (Å²) in [6.45, 7) is 41.4. The van der Waals surface area contributed by atoms with Crippen molar-refractivity contribution in [3.8, 4) is 0 Å². The molecule has 2 heterocycles. The van der Waals surface area contributed by atoms with Crippen molar-refractivity contribution in [3.05, 3.63) is 12.7 Å². The summed E-state index contributed by atoms with van der Waals surface area (Å²) < 4.78 is 57.9. The second-order valence-electron chi connectivity index (χ2n) is 21.6. The molecule has 2 rings (SSSR count). The van der Waals surface area contributed by atoms with E-state index < -0.39 is 51.6 Å². The van der Waals surface area contributed by atoms with Gasteiger partial charge in [0.2, 0.25) is 0 Å². The summed E-state index contributed by atoms with van der Waals surface area (Å²) in [7, 11) is -1.02. The summed E-state index contributed by atoms with van der Waals surface area (Å²) in [6.07, 6.45) is 7.87. The Morgan fingerprint density at radius 1 is 0.533 bits per heavy atom. The molecule has 360 valence electrons. The first kappa shape index (κ1) is 60.6. The van der Waals surface area contributed by atoms with Crippen LogP contribution in [-0.4, -0.2) is 142 Å². The first-order valence-electron chi connectivity index (χ1n) is 22.4. The predicted octanol–water partition coefficient (Wildman–Crippen LogP) is 9.58. The molecule has 0 bridgehead atoms. The number of nitrogens with one attached hydrogen (secondary N) is 2. The molecule has 0 amide bonds. The number of hydrogen-bond donors (Lipinski definition) is 2. The van der Waals surface area contributed by atoms with Crippen LogP contribution in [0.1, 0.15) is 87.5 Å². The number of ether oxygens (including phenoxy) is 2. The van der Waals surface area contributed by atoms with E-state index in [1.807, 2.05) is 6.08 Å². The van der Waals surface area contributed by atoms with E-state index in [0.29, 0.717) is 18.8 Å². The summed E-state index contributed by atoms with van der Waals surface area (Å²) in [5.41, 5.74) is 0.607. The van der Waals surface area contributed by atoms with Gasteiger partial charge in [-0.2, -0.15) is 0 Å². The Balaban J connectivity index is 0.000000971. The molecule has 2 N–H and O–H groups in total. The van der Waals surface area contributed by atoms with Crippen LogP contribution < -0.4 is 10.6 Å². The van der Waals surface area contributed by atoms with Gasteiger partial charge in [0.05, 0.1) is 18.8 Å². The van der Waals surface area contributed by atoms with Crippen molar-refractivity contribution in [2.45, 2.75) is 204 Å². The molecular formula is C42H98N2O10Si6. The van der Waals surface area contributed by atoms with Crippen molar-refractivity contribution in [1.29, 1.82) is 0 Å². The van der Waals surface area contributed by atoms with Gasteiger partial charge in [0.25, 0.3) is 0 Å². The maximum Gasteiger partial charge on any atom is 0.499 e. The summed E-state index contributed by atoms with van der Waals surface area (Å²) in [5, 5.41) is 7.36. The van der Waals surface area contributed by atoms with E-state index in [1.54, 1.807) is 42.7 Å². The molecule has 0 aromatic carbocycles. The van der Waals surface area contributed by atoms with E-state index in [2.05, 4.69) is 125 Å². The van der Waals surface area contributed by atoms with Gasteiger partial charge in [-0.3, -0.25) is 0 Å². The van der Waals surface area contributed by atoms with E-state index >= 15 is 0 Å². The first-order valence-corrected chi connectivity index (χ1v) is 38.3. The number of hydrogen-bond acceptors (Lipinski definition) is 12. The van der Waals surface area contributed by atoms with Gasteiger partial charge in [-0.15, -0.1) is 6.58 Å². The second-order valence-corrected chi connectivity index (χ2v) is 43.7. The van der Waals surface area contributed by atoms with E-state index in [4.69, 9.17) is 44.3 Å². The molecule has 0 aliphatic carbocycles. The zero-order chi connectivity index (χ0) is 46.9. The largest absolute Gasteiger partial charge is 0.499 e. The van der Waals surface area contributed by atoms with Crippen molar-refractivity contribution in [2.24, 2.45) is 0 Å². The summed E-state index contributed by atoms with van der Waals surface area (Å²) >= 11 is 0. The molecular weight excluding hydrogens is 861 g/mol. The molecule has 0 saturated carbocycles. The topological polar surface area (TPSA) is 116 Å². The Bertz CT molecular complexity index is 1150. The van der Waals surface area contributed by atoms with Crippen molar-refractivity contribution in [2.75, 3.05) is 55.9 Å². The fourth-order valence-electron chi connectivity index (χ4n) is 9.21. The van der Waals surface area contributed by atoms with Crippen LogP contribution in [0, 0.1) is 0 Å². The highest BCUT2D eigenvalue weighted by molar-refractivity contribution is 6.85. The van der Waals surface area contributed by atoms with Crippen molar-refractivity contribution >= 4 is 51.6 Å². The van der Waals surface area contributed by atoms with E-state index in [1.165, 1.54) is 0 Å². The van der Waals surface area contributed by atoms with Gasteiger partial charge in [0, 0.05) is 83.5 Å². The van der Waals surface area contributed by atoms with Gasteiger partial charge < -0.3 is 54.9 Å². The number of rotatable bonds is 24. The lowest BCUT2D eigenvalue weighted by Crippen LogP contribution is -2.59. The van der Waals surface area contributed by atoms with Crippen LogP contribution in [-0.2, 0) is 44.3 Å². The molecule has 2 fully saturated rings. The summed E-state index contributed by atoms with van der Waals surface area (Å²) in [6, 6.07) is 4.80. The summed E-state index contributed by atoms with van der Waals surface area (Å²) in [4.78, 5) is 0. The maximum absolute atomic E-state index is 6.78. The van der Waals surface area contributed by atoms with Crippen LogP contribution in [0.3, 0.4) is 0 Å². The SMILES string of the molecule is C=CCOC1CC(C)(C)NC(C)(C)C1.CO[Si](CC[Si](C)(C)O[SiH](C)C)(OC)OC.CO[Si](CC[Si](C)(C)O[Si](C)(C)CCCOC1CC(C)(C)NC(C)(C)C1)(OC)OC. The van der Waals surface area contributed by atoms with Gasteiger partial charge in [-0.05, 0) is 158 Å². The molecule has 2 aliphatic rings. The van der Waals surface area contributed by atoms with E-state index in [0.717, 1.165) is 68.9 Å². The molecule has 0 unspecified atom stereocenters. The summed E-state index contributed by atoms with van der Waals surface area (Å²) in [5.74, 6) is 0. The fourth-order valence-corrected chi connectivity index (χ4v) is 32.1. The Hall–Kier alpha value is 0.561. The highest BCUT2D eigenvalue weighted by Crippen LogP contribution is 2.32. The Morgan fingerprint density at radius 3 is 1.20 bits per heavy atom. The number of piperidine rings is 2. The van der Waals surface area contributed by atoms with Gasteiger partial charge in [0.1, 0.15) is 0 Å². The molecule has 0 radical (unpaired) electrons. The molecule has 0 aromatic rings. The third-order valence-electron chi connectivity index (χ3n) is 11.1. The zero-order valence-electron chi connectivity index (χ0n) is 43.1. The molecule has 18 heteroatoms. The molecule has 2 saturated heterocycles. The highest BCUT2D eigenvalue weighted by atomic mass is 28.4. The third-order valence-corrected chi connectivity index (χ3v) is 30.9. The lowest BCUT2D eigenvalue weighted by Gasteiger charge is -2.46. The molecule has 2 aliphatic heterocycles. The van der Waals surface area contributed by atoms with Gasteiger partial charge in [-0.1, -0.05) is 6.08 Å². The van der Waals surface area contributed by atoms with Crippen LogP contribution in [0.15, 0.2) is 12.7 Å². The zero-order valence-corrected chi connectivity index (χ0v) is 49.2. The molecule has 12 nitrogen and oxygen atoms in total. The van der Waals surface area contributed by atoms with E-state index in [9.17, 15) is 0 Å². The van der Waals surface area contributed by atoms with Crippen molar-refractivity contribution in [1.82, 2.24) is 10.6 Å². The highest BCUT2D eigenvalue weighted by Gasteiger charge is 2.43. The monoisotopic (exact) mass is 959 g/mol. The van der Waals surface area contributed by atoms with Gasteiger partial charge in [-0.25, -0.2) is 0 Å². The second kappa shape index (κ2) is 26.0. The molecule has 0 aromatic heterocycles. The van der Waals surface area contributed by atoms with Crippen LogP contribution in [0.5, 0.6) is 0 Å². The quantitative estimate of drug-likeness (QED) is 0.0546. The van der Waals surface area contributed by atoms with Crippen LogP contribution in [0.25, 0.3) is 0 Å². The smallest absolute Gasteiger partial charge is 0.458 e. The maximum atomic E-state index is 6.78. The minimum atomic E-state index is -2.53. The van der Waals surface area contributed by atoms with E-state index in [-0.39, 0.29) is 22.2 Å². The van der Waals surface area contributed by atoms with Crippen LogP contribution in [0.4, 0.5) is 0 Å². The van der Waals surface area contributed by atoms with Crippen molar-refractivity contribution < 1.29 is 44.3 Å². The predicted molar refractivity (Wildman–Crippen MR) is 266 cm³/mol. The lowest BCUT2D eigenvalue weighted by molar-refractivity contribution is -0.0215. The Kier molecular flexibility index (Phi) is 26.3. The Labute approximate surface area is 377 Å². The standard InChI is InChI=1S/C21H49NO5Si3.C12H23NO.C9H26O4Si3/c1-20(2)17-19(18-21(3,4)22-20)26-13-12-14-28(8,9)27-29(10,11)15-16-30(23-5,24-6)25-7;1-6-7-14-10-8-11(2,3)13-12(4,5)9-10;1-10-16(11-2,12-3)9-8-15(6,7)13-14(4)5/h19,22H,12-18H2,1-11H3;6,10,13H,1,7-9H2,2-5H3;14H,8-9H2,1-7H3. The van der Waals surface area contributed by atoms with Crippen LogP contribution in [0.2, 0.25) is 82.6 Å². The minimum Gasteiger partial charge on any atom is -0.458 e. The third kappa shape index (κ3) is 25.3. The first-order chi connectivity index (χ1) is 27.2. The Morgan fingerprint density at radius 2 is 0.867 bits per heavy atom. The van der Waals surface area contributed by atoms with Gasteiger partial charge >= 0.3 is 17.6 Å². The average Bonchev–Trinajstić information content (AvgIpc) is 3.08. The molecule has 0 spiro atoms. The molecule has 0 atom stereocenters. The fraction of sp³-hybridized carbons (Fsp3) is 0.952.